The Bertz CT molecular complexity index is 1080. The van der Waals surface area contributed by atoms with Crippen LogP contribution < -0.4 is 4.80 Å². The molecule has 0 saturated heterocycles. The maximum Gasteiger partial charge on any atom is 0.217 e. The molecule has 0 atom stereocenters. The van der Waals surface area contributed by atoms with Crippen LogP contribution in [-0.2, 0) is 0 Å². The molecule has 0 saturated carbocycles. The Hall–Kier alpha value is -2.98. The van der Waals surface area contributed by atoms with Crippen LogP contribution in [0, 0.1) is 11.2 Å². The van der Waals surface area contributed by atoms with E-state index in [0.717, 1.165) is 11.3 Å². The molecular formula is C15H9FN6OS2. The van der Waals surface area contributed by atoms with Crippen LogP contribution in [0.3, 0.4) is 0 Å². The number of aromatic nitrogens is 2. The highest BCUT2D eigenvalue weighted by Crippen LogP contribution is 2.29. The van der Waals surface area contributed by atoms with Crippen LogP contribution in [0.5, 0.6) is 5.88 Å². The van der Waals surface area contributed by atoms with Crippen LogP contribution in [0.25, 0.3) is 11.2 Å². The summed E-state index contributed by atoms with van der Waals surface area (Å²) in [6.07, 6.45) is 3.20. The first kappa shape index (κ1) is 15.5. The molecule has 0 aliphatic carbocycles. The maximum absolute atomic E-state index is 13.1. The van der Waals surface area contributed by atoms with E-state index in [9.17, 15) is 9.50 Å². The highest BCUT2D eigenvalue weighted by Gasteiger charge is 2.19. The molecule has 0 spiro atoms. The van der Waals surface area contributed by atoms with E-state index >= 15 is 0 Å². The average molecular weight is 372 g/mol. The molecule has 1 aliphatic rings. The molecule has 1 aliphatic heterocycles. The van der Waals surface area contributed by atoms with Crippen molar-refractivity contribution in [3.8, 4) is 11.0 Å². The van der Waals surface area contributed by atoms with Crippen molar-refractivity contribution in [1.82, 2.24) is 9.55 Å². The van der Waals surface area contributed by atoms with E-state index in [1.165, 1.54) is 28.0 Å². The van der Waals surface area contributed by atoms with Gasteiger partial charge in [0.2, 0.25) is 5.88 Å². The second-order valence-electron chi connectivity index (χ2n) is 4.92. The Kier molecular flexibility index (Phi) is 3.82. The smallest absolute Gasteiger partial charge is 0.217 e. The van der Waals surface area contributed by atoms with Crippen molar-refractivity contribution in [3.05, 3.63) is 62.6 Å². The summed E-state index contributed by atoms with van der Waals surface area (Å²) in [5.74, 6) is -0.445. The van der Waals surface area contributed by atoms with Crippen molar-refractivity contribution in [1.29, 1.82) is 5.41 Å². The predicted octanol–water partition coefficient (Wildman–Crippen LogP) is 3.53. The first-order chi connectivity index (χ1) is 12.1. The molecule has 0 amide bonds. The Morgan fingerprint density at radius 3 is 2.76 bits per heavy atom. The summed E-state index contributed by atoms with van der Waals surface area (Å²) in [6.45, 7) is 0. The number of aromatic hydroxyl groups is 1. The van der Waals surface area contributed by atoms with E-state index in [4.69, 9.17) is 5.41 Å². The van der Waals surface area contributed by atoms with E-state index in [0.29, 0.717) is 27.0 Å². The summed E-state index contributed by atoms with van der Waals surface area (Å²) in [4.78, 5) is 4.68. The van der Waals surface area contributed by atoms with Gasteiger partial charge in [-0.25, -0.2) is 13.9 Å². The summed E-state index contributed by atoms with van der Waals surface area (Å²) >= 11 is 2.39. The van der Waals surface area contributed by atoms with Crippen molar-refractivity contribution in [2.45, 2.75) is 0 Å². The summed E-state index contributed by atoms with van der Waals surface area (Å²) in [6, 6.07) is 5.82. The molecule has 0 unspecified atom stereocenters. The second kappa shape index (κ2) is 6.15. The first-order valence-electron chi connectivity index (χ1n) is 6.99. The van der Waals surface area contributed by atoms with Gasteiger partial charge >= 0.3 is 0 Å². The first-order valence-corrected chi connectivity index (χ1v) is 8.69. The molecule has 7 nitrogen and oxygen atoms in total. The fraction of sp³-hybridized carbons (Fsp3) is 0. The van der Waals surface area contributed by atoms with E-state index < -0.39 is 0 Å². The van der Waals surface area contributed by atoms with Crippen molar-refractivity contribution < 1.29 is 9.50 Å². The fourth-order valence-corrected chi connectivity index (χ4v) is 3.78. The highest BCUT2D eigenvalue weighted by atomic mass is 32.1. The van der Waals surface area contributed by atoms with Crippen LogP contribution in [0.15, 0.2) is 57.0 Å². The molecule has 25 heavy (non-hydrogen) atoms. The Balaban J connectivity index is 1.75. The van der Waals surface area contributed by atoms with Gasteiger partial charge in [-0.2, -0.15) is 0 Å². The highest BCUT2D eigenvalue weighted by molar-refractivity contribution is 7.13. The zero-order valence-electron chi connectivity index (χ0n) is 12.4. The second-order valence-corrected chi connectivity index (χ2v) is 6.82. The third kappa shape index (κ3) is 2.81. The van der Waals surface area contributed by atoms with Gasteiger partial charge in [-0.05, 0) is 35.6 Å². The minimum Gasteiger partial charge on any atom is -0.493 e. The largest absolute Gasteiger partial charge is 0.493 e. The summed E-state index contributed by atoms with van der Waals surface area (Å²) in [7, 11) is 0. The SMILES string of the molecule is N=c1sc(C=C2N=NN=C2c2ccc(F)cc2)c(O)n1-c1nccs1. The Labute approximate surface area is 148 Å². The lowest BCUT2D eigenvalue weighted by atomic mass is 10.1. The van der Waals surface area contributed by atoms with Gasteiger partial charge in [0, 0.05) is 17.1 Å². The zero-order valence-corrected chi connectivity index (χ0v) is 14.1. The number of hydrogen-bond acceptors (Lipinski definition) is 8. The summed E-state index contributed by atoms with van der Waals surface area (Å²) in [5.41, 5.74) is 1.56. The molecule has 3 heterocycles. The number of rotatable bonds is 3. The standard InChI is InChI=1S/C15H9FN6OS2/c16-9-3-1-8(2-4-9)12-10(19-21-20-12)7-11-13(23)22(14(17)25-11)15-18-5-6-24-15/h1-7,17,23H. The number of thiazole rings is 2. The van der Waals surface area contributed by atoms with Crippen molar-refractivity contribution in [2.24, 2.45) is 15.4 Å². The van der Waals surface area contributed by atoms with Gasteiger partial charge in [0.25, 0.3) is 0 Å². The van der Waals surface area contributed by atoms with Gasteiger partial charge < -0.3 is 5.11 Å². The van der Waals surface area contributed by atoms with Crippen LogP contribution in [-0.4, -0.2) is 20.4 Å². The normalized spacial score (nSPS) is 15.1. The fourth-order valence-electron chi connectivity index (χ4n) is 2.25. The minimum atomic E-state index is -0.346. The molecule has 1 aromatic carbocycles. The molecule has 0 bridgehead atoms. The lowest BCUT2D eigenvalue weighted by Crippen LogP contribution is -2.09. The molecular weight excluding hydrogens is 363 g/mol. The number of benzene rings is 1. The quantitative estimate of drug-likeness (QED) is 0.735. The van der Waals surface area contributed by atoms with Gasteiger partial charge in [0.15, 0.2) is 9.93 Å². The molecule has 4 rings (SSSR count). The summed E-state index contributed by atoms with van der Waals surface area (Å²) in [5, 5.41) is 32.4. The van der Waals surface area contributed by atoms with Gasteiger partial charge in [-0.1, -0.05) is 11.3 Å². The Morgan fingerprint density at radius 1 is 1.24 bits per heavy atom. The van der Waals surface area contributed by atoms with Gasteiger partial charge in [-0.3, -0.25) is 5.41 Å². The van der Waals surface area contributed by atoms with E-state index in [2.05, 4.69) is 20.4 Å². The third-order valence-electron chi connectivity index (χ3n) is 3.38. The zero-order chi connectivity index (χ0) is 17.4. The average Bonchev–Trinajstić information content (AvgIpc) is 3.31. The van der Waals surface area contributed by atoms with Crippen LogP contribution >= 0.6 is 22.7 Å². The van der Waals surface area contributed by atoms with Crippen molar-refractivity contribution in [3.63, 3.8) is 0 Å². The van der Waals surface area contributed by atoms with E-state index in [-0.39, 0.29) is 16.5 Å². The van der Waals surface area contributed by atoms with Crippen molar-refractivity contribution in [2.75, 3.05) is 0 Å². The topological polar surface area (TPSA) is 99.0 Å². The van der Waals surface area contributed by atoms with E-state index in [1.807, 2.05) is 0 Å². The molecule has 2 aromatic heterocycles. The van der Waals surface area contributed by atoms with Crippen LogP contribution in [0.4, 0.5) is 4.39 Å². The monoisotopic (exact) mass is 372 g/mol. The number of nitrogens with one attached hydrogen (secondary N) is 1. The lowest BCUT2D eigenvalue weighted by Gasteiger charge is -2.01. The molecule has 10 heteroatoms. The van der Waals surface area contributed by atoms with Gasteiger partial charge in [0.1, 0.15) is 17.2 Å². The lowest BCUT2D eigenvalue weighted by molar-refractivity contribution is 0.438. The molecule has 2 N–H and O–H groups in total. The van der Waals surface area contributed by atoms with Crippen molar-refractivity contribution >= 4 is 34.5 Å². The molecule has 3 aromatic rings. The number of allylic oxidation sites excluding steroid dienone is 1. The number of halogens is 1. The molecule has 124 valence electrons. The summed E-state index contributed by atoms with van der Waals surface area (Å²) < 4.78 is 14.4. The third-order valence-corrected chi connectivity index (χ3v) is 5.03. The van der Waals surface area contributed by atoms with Gasteiger partial charge in [-0.15, -0.1) is 21.6 Å². The van der Waals surface area contributed by atoms with Crippen LogP contribution in [0.2, 0.25) is 0 Å². The Morgan fingerprint density at radius 2 is 2.04 bits per heavy atom. The van der Waals surface area contributed by atoms with Crippen LogP contribution in [0.1, 0.15) is 10.4 Å². The number of hydrogen-bond donors (Lipinski definition) is 2. The molecule has 0 radical (unpaired) electrons. The molecule has 0 fully saturated rings. The van der Waals surface area contributed by atoms with E-state index in [1.54, 1.807) is 29.8 Å². The number of nitrogens with zero attached hydrogens (tertiary/aromatic N) is 5. The maximum atomic E-state index is 13.1. The predicted molar refractivity (Wildman–Crippen MR) is 92.6 cm³/mol. The van der Waals surface area contributed by atoms with Gasteiger partial charge in [0.05, 0.1) is 4.88 Å². The minimum absolute atomic E-state index is 0.0991.